The molecule has 2 aromatic carbocycles. The van der Waals surface area contributed by atoms with E-state index in [4.69, 9.17) is 4.74 Å². The molecule has 0 aliphatic carbocycles. The van der Waals surface area contributed by atoms with Crippen molar-refractivity contribution in [1.29, 1.82) is 0 Å². The maximum atomic E-state index is 12.5. The first-order chi connectivity index (χ1) is 16.0. The number of nitrogens with zero attached hydrogens (tertiary/aromatic N) is 4. The number of carbonyl (C=O) groups is 1. The number of ether oxygens (including phenoxy) is 1. The quantitative estimate of drug-likeness (QED) is 0.394. The molecule has 0 unspecified atom stereocenters. The van der Waals surface area contributed by atoms with Crippen LogP contribution < -0.4 is 10.1 Å². The van der Waals surface area contributed by atoms with E-state index < -0.39 is 0 Å². The predicted octanol–water partition coefficient (Wildman–Crippen LogP) is 4.36. The van der Waals surface area contributed by atoms with E-state index in [1.807, 2.05) is 47.0 Å². The zero-order valence-electron chi connectivity index (χ0n) is 18.8. The van der Waals surface area contributed by atoms with Crippen molar-refractivity contribution in [2.24, 2.45) is 0 Å². The third kappa shape index (κ3) is 5.40. The molecule has 0 saturated heterocycles. The fraction of sp³-hybridized carbons (Fsp3) is 0.200. The Morgan fingerprint density at radius 2 is 1.85 bits per heavy atom. The monoisotopic (exact) mass is 459 g/mol. The molecule has 2 heterocycles. The molecule has 0 fully saturated rings. The molecule has 0 aliphatic heterocycles. The highest BCUT2D eigenvalue weighted by molar-refractivity contribution is 7.99. The summed E-state index contributed by atoms with van der Waals surface area (Å²) in [6.07, 6.45) is 3.46. The molecule has 8 heteroatoms. The molecule has 0 saturated carbocycles. The molecule has 4 rings (SSSR count). The van der Waals surface area contributed by atoms with Gasteiger partial charge in [-0.25, -0.2) is 0 Å². The molecule has 0 radical (unpaired) electrons. The average Bonchev–Trinajstić information content (AvgIpc) is 3.28. The summed E-state index contributed by atoms with van der Waals surface area (Å²) in [5, 5.41) is 12.4. The van der Waals surface area contributed by atoms with Crippen LogP contribution in [-0.4, -0.2) is 38.5 Å². The lowest BCUT2D eigenvalue weighted by molar-refractivity contribution is -0.118. The first-order valence-electron chi connectivity index (χ1n) is 10.5. The number of thioether (sulfide) groups is 1. The number of rotatable bonds is 8. The Labute approximate surface area is 197 Å². The fourth-order valence-corrected chi connectivity index (χ4v) is 4.09. The number of hydrogen-bond acceptors (Lipinski definition) is 6. The summed E-state index contributed by atoms with van der Waals surface area (Å²) in [4.78, 5) is 16.6. The summed E-state index contributed by atoms with van der Waals surface area (Å²) in [6.45, 7) is 4.59. The Bertz CT molecular complexity index is 1260. The lowest BCUT2D eigenvalue weighted by atomic mass is 10.1. The van der Waals surface area contributed by atoms with Crippen LogP contribution in [0.2, 0.25) is 0 Å². The first-order valence-corrected chi connectivity index (χ1v) is 11.5. The van der Waals surface area contributed by atoms with Crippen molar-refractivity contribution in [1.82, 2.24) is 25.1 Å². The Morgan fingerprint density at radius 1 is 1.03 bits per heavy atom. The highest BCUT2D eigenvalue weighted by Crippen LogP contribution is 2.28. The lowest BCUT2D eigenvalue weighted by Gasteiger charge is -2.12. The molecule has 0 spiro atoms. The number of amides is 1. The molecule has 2 aromatic heterocycles. The zero-order valence-corrected chi connectivity index (χ0v) is 19.6. The first kappa shape index (κ1) is 22.5. The van der Waals surface area contributed by atoms with Gasteiger partial charge in [0, 0.05) is 24.5 Å². The maximum absolute atomic E-state index is 12.5. The van der Waals surface area contributed by atoms with Gasteiger partial charge in [-0.2, -0.15) is 0 Å². The van der Waals surface area contributed by atoms with Crippen molar-refractivity contribution < 1.29 is 9.53 Å². The van der Waals surface area contributed by atoms with E-state index in [0.717, 1.165) is 22.6 Å². The van der Waals surface area contributed by atoms with E-state index in [0.29, 0.717) is 17.5 Å². The summed E-state index contributed by atoms with van der Waals surface area (Å²) in [5.41, 5.74) is 5.22. The number of hydrogen-bond donors (Lipinski definition) is 1. The van der Waals surface area contributed by atoms with Crippen molar-refractivity contribution in [3.63, 3.8) is 0 Å². The number of methoxy groups -OCH3 is 1. The number of aryl methyl sites for hydroxylation is 2. The van der Waals surface area contributed by atoms with Crippen LogP contribution in [0.5, 0.6) is 5.75 Å². The van der Waals surface area contributed by atoms with Gasteiger partial charge in [-0.15, -0.1) is 10.2 Å². The second kappa shape index (κ2) is 10.3. The standard InChI is InChI=1S/C25H25N5O2S/c1-17-7-8-21(13-18(17)2)30-24(20-9-11-26-12-10-20)28-29-25(30)33-16-23(31)27-15-19-5-4-6-22(14-19)32-3/h4-14H,15-16H2,1-3H3,(H,27,31). The largest absolute Gasteiger partial charge is 0.497 e. The number of benzene rings is 2. The molecule has 7 nitrogen and oxygen atoms in total. The summed E-state index contributed by atoms with van der Waals surface area (Å²) in [6, 6.07) is 17.7. The van der Waals surface area contributed by atoms with Gasteiger partial charge < -0.3 is 10.1 Å². The maximum Gasteiger partial charge on any atom is 0.230 e. The van der Waals surface area contributed by atoms with Crippen molar-refractivity contribution in [2.45, 2.75) is 25.5 Å². The molecule has 1 amide bonds. The SMILES string of the molecule is COc1cccc(CNC(=O)CSc2nnc(-c3ccncc3)n2-c2ccc(C)c(C)c2)c1. The van der Waals surface area contributed by atoms with Gasteiger partial charge in [0.15, 0.2) is 11.0 Å². The van der Waals surface area contributed by atoms with Crippen LogP contribution in [0.25, 0.3) is 17.1 Å². The Hall–Kier alpha value is -3.65. The van der Waals surface area contributed by atoms with E-state index in [1.54, 1.807) is 19.5 Å². The van der Waals surface area contributed by atoms with Gasteiger partial charge >= 0.3 is 0 Å². The summed E-state index contributed by atoms with van der Waals surface area (Å²) in [7, 11) is 1.63. The molecule has 0 atom stereocenters. The number of nitrogens with one attached hydrogen (secondary N) is 1. The van der Waals surface area contributed by atoms with Gasteiger partial charge in [0.25, 0.3) is 0 Å². The van der Waals surface area contributed by atoms with Crippen LogP contribution in [-0.2, 0) is 11.3 Å². The Balaban J connectivity index is 1.53. The molecule has 0 bridgehead atoms. The highest BCUT2D eigenvalue weighted by atomic mass is 32.2. The minimum Gasteiger partial charge on any atom is -0.497 e. The highest BCUT2D eigenvalue weighted by Gasteiger charge is 2.17. The molecule has 168 valence electrons. The second-order valence-corrected chi connectivity index (χ2v) is 8.51. The van der Waals surface area contributed by atoms with Gasteiger partial charge in [-0.3, -0.25) is 14.3 Å². The Kier molecular flexibility index (Phi) is 7.04. The third-order valence-corrected chi connectivity index (χ3v) is 6.21. The van der Waals surface area contributed by atoms with Gasteiger partial charge in [0.2, 0.25) is 5.91 Å². The molecular weight excluding hydrogens is 434 g/mol. The third-order valence-electron chi connectivity index (χ3n) is 5.28. The van der Waals surface area contributed by atoms with Crippen LogP contribution in [0, 0.1) is 13.8 Å². The number of carbonyl (C=O) groups excluding carboxylic acids is 1. The van der Waals surface area contributed by atoms with E-state index in [2.05, 4.69) is 46.5 Å². The van der Waals surface area contributed by atoms with E-state index in [-0.39, 0.29) is 11.7 Å². The number of pyridine rings is 1. The summed E-state index contributed by atoms with van der Waals surface area (Å²) in [5.74, 6) is 1.62. The van der Waals surface area contributed by atoms with Crippen LogP contribution >= 0.6 is 11.8 Å². The minimum atomic E-state index is -0.0806. The fourth-order valence-electron chi connectivity index (χ4n) is 3.31. The van der Waals surface area contributed by atoms with E-state index in [9.17, 15) is 4.79 Å². The van der Waals surface area contributed by atoms with Crippen molar-refractivity contribution in [3.8, 4) is 22.8 Å². The van der Waals surface area contributed by atoms with Gasteiger partial charge in [0.05, 0.1) is 18.6 Å². The second-order valence-electron chi connectivity index (χ2n) is 7.56. The molecule has 0 aliphatic rings. The van der Waals surface area contributed by atoms with E-state index >= 15 is 0 Å². The van der Waals surface area contributed by atoms with Gasteiger partial charge in [-0.05, 0) is 66.9 Å². The van der Waals surface area contributed by atoms with Crippen LogP contribution in [0.15, 0.2) is 72.1 Å². The van der Waals surface area contributed by atoms with Crippen LogP contribution in [0.4, 0.5) is 0 Å². The zero-order chi connectivity index (χ0) is 23.2. The Morgan fingerprint density at radius 3 is 2.61 bits per heavy atom. The smallest absolute Gasteiger partial charge is 0.230 e. The van der Waals surface area contributed by atoms with Crippen LogP contribution in [0.1, 0.15) is 16.7 Å². The number of aromatic nitrogens is 4. The normalized spacial score (nSPS) is 10.8. The predicted molar refractivity (Wildman–Crippen MR) is 130 cm³/mol. The van der Waals surface area contributed by atoms with Gasteiger partial charge in [-0.1, -0.05) is 30.0 Å². The van der Waals surface area contributed by atoms with Crippen molar-refractivity contribution in [3.05, 3.63) is 83.7 Å². The molecular formula is C25H25N5O2S. The van der Waals surface area contributed by atoms with Gasteiger partial charge in [0.1, 0.15) is 5.75 Å². The molecule has 4 aromatic rings. The summed E-state index contributed by atoms with van der Waals surface area (Å²) >= 11 is 1.36. The molecule has 1 N–H and O–H groups in total. The van der Waals surface area contributed by atoms with E-state index in [1.165, 1.54) is 22.9 Å². The van der Waals surface area contributed by atoms with Crippen molar-refractivity contribution >= 4 is 17.7 Å². The van der Waals surface area contributed by atoms with Crippen molar-refractivity contribution in [2.75, 3.05) is 12.9 Å². The summed E-state index contributed by atoms with van der Waals surface area (Å²) < 4.78 is 7.23. The van der Waals surface area contributed by atoms with Crippen LogP contribution in [0.3, 0.4) is 0 Å². The molecule has 33 heavy (non-hydrogen) atoms. The lowest BCUT2D eigenvalue weighted by Crippen LogP contribution is -2.24. The minimum absolute atomic E-state index is 0.0806. The topological polar surface area (TPSA) is 81.9 Å². The average molecular weight is 460 g/mol.